The van der Waals surface area contributed by atoms with E-state index in [1.807, 2.05) is 6.92 Å². The number of hydrogen-bond acceptors (Lipinski definition) is 2. The Balaban J connectivity index is 2.16. The predicted molar refractivity (Wildman–Crippen MR) is 66.3 cm³/mol. The predicted octanol–water partition coefficient (Wildman–Crippen LogP) is 3.35. The molecule has 0 aliphatic carbocycles. The molecule has 1 heterocycles. The molecule has 0 radical (unpaired) electrons. The minimum atomic E-state index is -0.718. The largest absolute Gasteiger partial charge is 0.484 e. The van der Waals surface area contributed by atoms with E-state index < -0.39 is 11.6 Å². The summed E-state index contributed by atoms with van der Waals surface area (Å²) < 4.78 is 33.9. The van der Waals surface area contributed by atoms with Crippen LogP contribution in [0.5, 0.6) is 5.75 Å². The maximum absolute atomic E-state index is 13.4. The third-order valence-electron chi connectivity index (χ3n) is 2.52. The van der Waals surface area contributed by atoms with Crippen molar-refractivity contribution < 1.29 is 13.5 Å². The molecule has 2 rings (SSSR count). The van der Waals surface area contributed by atoms with E-state index in [0.29, 0.717) is 0 Å². The van der Waals surface area contributed by atoms with Crippen LogP contribution in [-0.4, -0.2) is 9.78 Å². The van der Waals surface area contributed by atoms with Crippen LogP contribution < -0.4 is 4.74 Å². The maximum Gasteiger partial charge on any atom is 0.167 e. The summed E-state index contributed by atoms with van der Waals surface area (Å²) in [5, 5.41) is 4.20. The highest BCUT2D eigenvalue weighted by Gasteiger charge is 2.12. The minimum Gasteiger partial charge on any atom is -0.484 e. The van der Waals surface area contributed by atoms with Crippen LogP contribution in [0.2, 0.25) is 0 Å². The zero-order chi connectivity index (χ0) is 13.3. The van der Waals surface area contributed by atoms with E-state index in [4.69, 9.17) is 4.74 Å². The Morgan fingerprint density at radius 2 is 2.11 bits per heavy atom. The number of aryl methyl sites for hydroxylation is 2. The molecule has 1 aromatic carbocycles. The van der Waals surface area contributed by atoms with Gasteiger partial charge in [-0.15, -0.1) is 0 Å². The molecule has 0 aliphatic heterocycles. The summed E-state index contributed by atoms with van der Waals surface area (Å²) in [6, 6.07) is 3.21. The SMILES string of the molecule is Cc1nn(C)c(COc2ccc(F)cc2F)c1Br. The van der Waals surface area contributed by atoms with E-state index in [-0.39, 0.29) is 12.4 Å². The van der Waals surface area contributed by atoms with Crippen molar-refractivity contribution in [2.45, 2.75) is 13.5 Å². The van der Waals surface area contributed by atoms with Gasteiger partial charge in [-0.25, -0.2) is 8.78 Å². The van der Waals surface area contributed by atoms with Crippen LogP contribution in [0.4, 0.5) is 8.78 Å². The fraction of sp³-hybridized carbons (Fsp3) is 0.250. The first-order valence-corrected chi connectivity index (χ1v) is 6.04. The second-order valence-corrected chi connectivity index (χ2v) is 4.63. The summed E-state index contributed by atoms with van der Waals surface area (Å²) in [5.41, 5.74) is 1.62. The molecule has 2 aromatic rings. The fourth-order valence-electron chi connectivity index (χ4n) is 1.58. The van der Waals surface area contributed by atoms with E-state index in [1.165, 1.54) is 6.07 Å². The molecule has 0 amide bonds. The van der Waals surface area contributed by atoms with Gasteiger partial charge >= 0.3 is 0 Å². The number of hydrogen-bond donors (Lipinski definition) is 0. The molecule has 0 unspecified atom stereocenters. The molecule has 0 N–H and O–H groups in total. The first-order chi connectivity index (χ1) is 8.49. The molecular weight excluding hydrogens is 306 g/mol. The Labute approximate surface area is 112 Å². The number of benzene rings is 1. The summed E-state index contributed by atoms with van der Waals surface area (Å²) in [5.74, 6) is -1.33. The summed E-state index contributed by atoms with van der Waals surface area (Å²) in [6.07, 6.45) is 0. The molecule has 6 heteroatoms. The van der Waals surface area contributed by atoms with Crippen molar-refractivity contribution in [2.75, 3.05) is 0 Å². The lowest BCUT2D eigenvalue weighted by molar-refractivity contribution is 0.278. The average molecular weight is 317 g/mol. The maximum atomic E-state index is 13.4. The summed E-state index contributed by atoms with van der Waals surface area (Å²) in [4.78, 5) is 0. The van der Waals surface area contributed by atoms with Crippen LogP contribution in [0.25, 0.3) is 0 Å². The van der Waals surface area contributed by atoms with Crippen LogP contribution in [0, 0.1) is 18.6 Å². The van der Waals surface area contributed by atoms with Crippen molar-refractivity contribution in [2.24, 2.45) is 7.05 Å². The molecule has 0 aliphatic rings. The van der Waals surface area contributed by atoms with Gasteiger partial charge in [0.15, 0.2) is 11.6 Å². The molecule has 3 nitrogen and oxygen atoms in total. The van der Waals surface area contributed by atoms with E-state index in [0.717, 1.165) is 28.0 Å². The van der Waals surface area contributed by atoms with Gasteiger partial charge in [-0.05, 0) is 35.0 Å². The standard InChI is InChI=1S/C12H11BrF2N2O/c1-7-12(13)10(17(2)16-7)6-18-11-4-3-8(14)5-9(11)15/h3-5H,6H2,1-2H3. The molecule has 18 heavy (non-hydrogen) atoms. The lowest BCUT2D eigenvalue weighted by atomic mass is 10.3. The van der Waals surface area contributed by atoms with Gasteiger partial charge in [0, 0.05) is 13.1 Å². The highest BCUT2D eigenvalue weighted by Crippen LogP contribution is 2.23. The lowest BCUT2D eigenvalue weighted by Gasteiger charge is -2.08. The molecule has 0 bridgehead atoms. The number of halogens is 3. The molecule has 96 valence electrons. The van der Waals surface area contributed by atoms with Crippen molar-refractivity contribution in [3.05, 3.63) is 45.7 Å². The summed E-state index contributed by atoms with van der Waals surface area (Å²) in [6.45, 7) is 2.01. The van der Waals surface area contributed by atoms with Gasteiger partial charge in [-0.3, -0.25) is 4.68 Å². The summed E-state index contributed by atoms with van der Waals surface area (Å²) >= 11 is 3.39. The summed E-state index contributed by atoms with van der Waals surface area (Å²) in [7, 11) is 1.78. The van der Waals surface area contributed by atoms with Gasteiger partial charge in [-0.1, -0.05) is 0 Å². The first-order valence-electron chi connectivity index (χ1n) is 5.25. The van der Waals surface area contributed by atoms with Crippen LogP contribution in [-0.2, 0) is 13.7 Å². The Bertz CT molecular complexity index is 584. The monoisotopic (exact) mass is 316 g/mol. The molecule has 0 saturated heterocycles. The normalized spacial score (nSPS) is 10.7. The van der Waals surface area contributed by atoms with E-state index in [2.05, 4.69) is 21.0 Å². The number of aromatic nitrogens is 2. The lowest BCUT2D eigenvalue weighted by Crippen LogP contribution is -2.04. The van der Waals surface area contributed by atoms with Crippen molar-refractivity contribution in [1.29, 1.82) is 0 Å². The van der Waals surface area contributed by atoms with Crippen LogP contribution in [0.3, 0.4) is 0 Å². The van der Waals surface area contributed by atoms with Crippen LogP contribution in [0.15, 0.2) is 22.7 Å². The Morgan fingerprint density at radius 3 is 2.67 bits per heavy atom. The zero-order valence-corrected chi connectivity index (χ0v) is 11.5. The molecule has 0 atom stereocenters. The van der Waals surface area contributed by atoms with Crippen molar-refractivity contribution in [3.8, 4) is 5.75 Å². The van der Waals surface area contributed by atoms with Crippen molar-refractivity contribution in [3.63, 3.8) is 0 Å². The molecule has 0 fully saturated rings. The van der Waals surface area contributed by atoms with Gasteiger partial charge in [0.1, 0.15) is 12.4 Å². The second-order valence-electron chi connectivity index (χ2n) is 3.83. The van der Waals surface area contributed by atoms with Gasteiger partial charge in [0.2, 0.25) is 0 Å². The average Bonchev–Trinajstić information content (AvgIpc) is 2.53. The van der Waals surface area contributed by atoms with Gasteiger partial charge < -0.3 is 4.74 Å². The molecule has 0 saturated carbocycles. The van der Waals surface area contributed by atoms with E-state index >= 15 is 0 Å². The van der Waals surface area contributed by atoms with Crippen LogP contribution in [0.1, 0.15) is 11.4 Å². The highest BCUT2D eigenvalue weighted by atomic mass is 79.9. The number of ether oxygens (including phenoxy) is 1. The van der Waals surface area contributed by atoms with Crippen LogP contribution >= 0.6 is 15.9 Å². The molecule has 1 aromatic heterocycles. The van der Waals surface area contributed by atoms with Crippen molar-refractivity contribution in [1.82, 2.24) is 9.78 Å². The minimum absolute atomic E-state index is 0.0159. The van der Waals surface area contributed by atoms with Gasteiger partial charge in [-0.2, -0.15) is 5.10 Å². The third kappa shape index (κ3) is 2.53. The smallest absolute Gasteiger partial charge is 0.167 e. The fourth-order valence-corrected chi connectivity index (χ4v) is 2.03. The third-order valence-corrected chi connectivity index (χ3v) is 3.55. The first kappa shape index (κ1) is 13.0. The quantitative estimate of drug-likeness (QED) is 0.868. The highest BCUT2D eigenvalue weighted by molar-refractivity contribution is 9.10. The Hall–Kier alpha value is -1.43. The van der Waals surface area contributed by atoms with Gasteiger partial charge in [0.25, 0.3) is 0 Å². The Morgan fingerprint density at radius 1 is 1.39 bits per heavy atom. The topological polar surface area (TPSA) is 27.1 Å². The molecule has 0 spiro atoms. The van der Waals surface area contributed by atoms with Crippen molar-refractivity contribution >= 4 is 15.9 Å². The zero-order valence-electron chi connectivity index (χ0n) is 9.88. The number of nitrogens with zero attached hydrogens (tertiary/aromatic N) is 2. The van der Waals surface area contributed by atoms with E-state index in [9.17, 15) is 8.78 Å². The van der Waals surface area contributed by atoms with Gasteiger partial charge in [0.05, 0.1) is 15.9 Å². The van der Waals surface area contributed by atoms with E-state index in [1.54, 1.807) is 11.7 Å². The molecular formula is C12H11BrF2N2O. The Kier molecular flexibility index (Phi) is 3.65. The second kappa shape index (κ2) is 5.06. The number of rotatable bonds is 3.